The van der Waals surface area contributed by atoms with Gasteiger partial charge in [0.05, 0.1) is 17.8 Å². The molecule has 0 bridgehead atoms. The van der Waals surface area contributed by atoms with Crippen LogP contribution in [0, 0.1) is 0 Å². The maximum atomic E-state index is 2.61. The van der Waals surface area contributed by atoms with Crippen molar-refractivity contribution in [2.75, 3.05) is 4.90 Å². The Kier molecular flexibility index (Phi) is 4.13. The molecular formula is C24H33N2+. The van der Waals surface area contributed by atoms with E-state index in [9.17, 15) is 0 Å². The van der Waals surface area contributed by atoms with Gasteiger partial charge in [-0.15, -0.1) is 0 Å². The summed E-state index contributed by atoms with van der Waals surface area (Å²) in [5, 5.41) is 2.84. The summed E-state index contributed by atoms with van der Waals surface area (Å²) in [6, 6.07) is 9.72. The highest BCUT2D eigenvalue weighted by atomic mass is 15.3. The number of aromatic nitrogens is 1. The van der Waals surface area contributed by atoms with Gasteiger partial charge in [0.25, 0.3) is 5.82 Å². The minimum absolute atomic E-state index is 0.0817. The third kappa shape index (κ3) is 2.08. The predicted molar refractivity (Wildman–Crippen MR) is 111 cm³/mol. The summed E-state index contributed by atoms with van der Waals surface area (Å²) in [7, 11) is 0. The molecule has 2 aliphatic rings. The van der Waals surface area contributed by atoms with Gasteiger partial charge in [-0.05, 0) is 55.7 Å². The summed E-state index contributed by atoms with van der Waals surface area (Å²) in [5.41, 5.74) is 1.75. The van der Waals surface area contributed by atoms with E-state index in [1.165, 1.54) is 41.4 Å². The van der Waals surface area contributed by atoms with Crippen LogP contribution in [0.5, 0.6) is 0 Å². The molecule has 2 heteroatoms. The van der Waals surface area contributed by atoms with E-state index in [0.29, 0.717) is 6.04 Å². The Morgan fingerprint density at radius 2 is 1.88 bits per heavy atom. The third-order valence-electron chi connectivity index (χ3n) is 7.59. The fraction of sp³-hybridized carbons (Fsp3) is 0.542. The van der Waals surface area contributed by atoms with Crippen LogP contribution in [-0.4, -0.2) is 5.54 Å². The van der Waals surface area contributed by atoms with E-state index in [0.717, 1.165) is 12.8 Å². The lowest BCUT2D eigenvalue weighted by molar-refractivity contribution is -0.701. The van der Waals surface area contributed by atoms with Gasteiger partial charge in [0.1, 0.15) is 11.6 Å². The minimum Gasteiger partial charge on any atom is -0.228 e. The van der Waals surface area contributed by atoms with Crippen LogP contribution in [0.4, 0.5) is 5.82 Å². The van der Waals surface area contributed by atoms with Crippen LogP contribution in [0.1, 0.15) is 78.3 Å². The number of hydrogen-bond acceptors (Lipinski definition) is 1. The summed E-state index contributed by atoms with van der Waals surface area (Å²) in [6.45, 7) is 11.9. The molecule has 0 saturated heterocycles. The maximum Gasteiger partial charge on any atom is 0.290 e. The van der Waals surface area contributed by atoms with Gasteiger partial charge in [-0.25, -0.2) is 9.47 Å². The molecule has 0 amide bonds. The van der Waals surface area contributed by atoms with E-state index in [2.05, 4.69) is 86.8 Å². The number of pyridine rings is 1. The second-order valence-electron chi connectivity index (χ2n) is 8.55. The van der Waals surface area contributed by atoms with Crippen molar-refractivity contribution in [3.63, 3.8) is 0 Å². The monoisotopic (exact) mass is 349 g/mol. The van der Waals surface area contributed by atoms with Crippen molar-refractivity contribution < 1.29 is 4.57 Å². The molecule has 2 aromatic rings. The van der Waals surface area contributed by atoms with Crippen molar-refractivity contribution in [1.29, 1.82) is 0 Å². The zero-order valence-corrected chi connectivity index (χ0v) is 17.0. The molecule has 26 heavy (non-hydrogen) atoms. The van der Waals surface area contributed by atoms with Crippen molar-refractivity contribution in [2.24, 2.45) is 0 Å². The molecule has 0 radical (unpaired) electrons. The Morgan fingerprint density at radius 3 is 2.58 bits per heavy atom. The van der Waals surface area contributed by atoms with E-state index >= 15 is 0 Å². The smallest absolute Gasteiger partial charge is 0.228 e. The number of benzene rings is 1. The number of rotatable bonds is 5. The zero-order valence-electron chi connectivity index (χ0n) is 17.0. The standard InChI is InChI=1S/C24H33N2/c1-6-9-12-19-15-17-26-22-21-18(14-16-25(19)22)11-10-13-20(21)23(4,7-2)24(26,5)8-3/h10-11,13-17,19H,6-9,12H2,1-5H3/q+1. The summed E-state index contributed by atoms with van der Waals surface area (Å²) in [6.07, 6.45) is 13.2. The van der Waals surface area contributed by atoms with E-state index in [4.69, 9.17) is 0 Å². The molecule has 3 heterocycles. The van der Waals surface area contributed by atoms with E-state index < -0.39 is 0 Å². The maximum absolute atomic E-state index is 2.61. The number of nitrogens with zero attached hydrogens (tertiary/aromatic N) is 2. The molecular weight excluding hydrogens is 316 g/mol. The van der Waals surface area contributed by atoms with Crippen molar-refractivity contribution in [2.45, 2.75) is 83.7 Å². The van der Waals surface area contributed by atoms with Crippen LogP contribution in [0.2, 0.25) is 0 Å². The van der Waals surface area contributed by atoms with Crippen LogP contribution in [0.25, 0.3) is 10.8 Å². The second-order valence-corrected chi connectivity index (χ2v) is 8.55. The lowest BCUT2D eigenvalue weighted by Crippen LogP contribution is -2.64. The van der Waals surface area contributed by atoms with Crippen LogP contribution in [0.3, 0.4) is 0 Å². The lowest BCUT2D eigenvalue weighted by atomic mass is 9.60. The highest BCUT2D eigenvalue weighted by Gasteiger charge is 2.57. The highest BCUT2D eigenvalue weighted by Crippen LogP contribution is 2.54. The second kappa shape index (κ2) is 6.11. The molecule has 3 atom stereocenters. The SMILES string of the molecule is CCCCC1C=CN2c3c4c(cccc4cc[n+]31)C(C)(CC)C2(C)CC. The molecule has 1 aromatic carbocycles. The van der Waals surface area contributed by atoms with Gasteiger partial charge < -0.3 is 0 Å². The Labute approximate surface area is 158 Å². The van der Waals surface area contributed by atoms with Crippen molar-refractivity contribution in [1.82, 2.24) is 0 Å². The first kappa shape index (κ1) is 17.6. The summed E-state index contributed by atoms with van der Waals surface area (Å²) >= 11 is 0. The van der Waals surface area contributed by atoms with Crippen LogP contribution in [-0.2, 0) is 5.41 Å². The molecule has 0 fully saturated rings. The number of unbranched alkanes of at least 4 members (excludes halogenated alkanes) is 1. The fourth-order valence-corrected chi connectivity index (χ4v) is 5.37. The summed E-state index contributed by atoms with van der Waals surface area (Å²) < 4.78 is 2.55. The van der Waals surface area contributed by atoms with Crippen LogP contribution < -0.4 is 9.47 Å². The van der Waals surface area contributed by atoms with E-state index in [1.54, 1.807) is 0 Å². The molecule has 2 nitrogen and oxygen atoms in total. The van der Waals surface area contributed by atoms with Crippen molar-refractivity contribution in [3.8, 4) is 0 Å². The first-order valence-electron chi connectivity index (χ1n) is 10.5. The Bertz CT molecular complexity index is 868. The van der Waals surface area contributed by atoms with Gasteiger partial charge in [-0.1, -0.05) is 52.3 Å². The molecule has 0 saturated carbocycles. The zero-order chi connectivity index (χ0) is 18.5. The number of anilines is 1. The molecule has 0 N–H and O–H groups in total. The van der Waals surface area contributed by atoms with Gasteiger partial charge in [-0.3, -0.25) is 0 Å². The van der Waals surface area contributed by atoms with Crippen molar-refractivity contribution >= 4 is 16.6 Å². The molecule has 0 spiro atoms. The first-order valence-corrected chi connectivity index (χ1v) is 10.5. The third-order valence-corrected chi connectivity index (χ3v) is 7.59. The predicted octanol–water partition coefficient (Wildman–Crippen LogP) is 6.04. The Balaban J connectivity index is 2.05. The Morgan fingerprint density at radius 1 is 1.08 bits per heavy atom. The van der Waals surface area contributed by atoms with Gasteiger partial charge in [0.15, 0.2) is 0 Å². The normalized spacial score (nSPS) is 29.4. The van der Waals surface area contributed by atoms with Gasteiger partial charge in [-0.2, -0.15) is 0 Å². The van der Waals surface area contributed by atoms with Gasteiger partial charge in [0, 0.05) is 5.41 Å². The highest BCUT2D eigenvalue weighted by molar-refractivity contribution is 5.97. The molecule has 0 aliphatic carbocycles. The first-order chi connectivity index (χ1) is 12.5. The van der Waals surface area contributed by atoms with E-state index in [-0.39, 0.29) is 11.0 Å². The fourth-order valence-electron chi connectivity index (χ4n) is 5.37. The number of hydrogen-bond donors (Lipinski definition) is 0. The molecule has 138 valence electrons. The lowest BCUT2D eigenvalue weighted by Gasteiger charge is -2.52. The largest absolute Gasteiger partial charge is 0.290 e. The number of allylic oxidation sites excluding steroid dienone is 1. The van der Waals surface area contributed by atoms with Crippen LogP contribution in [0.15, 0.2) is 42.7 Å². The quantitative estimate of drug-likeness (QED) is 0.597. The van der Waals surface area contributed by atoms with E-state index in [1.807, 2.05) is 0 Å². The summed E-state index contributed by atoms with van der Waals surface area (Å²) in [5.74, 6) is 1.41. The topological polar surface area (TPSA) is 7.12 Å². The average molecular weight is 350 g/mol. The van der Waals surface area contributed by atoms with Crippen LogP contribution >= 0.6 is 0 Å². The van der Waals surface area contributed by atoms with Crippen molar-refractivity contribution in [3.05, 3.63) is 48.3 Å². The summed E-state index contributed by atoms with van der Waals surface area (Å²) in [4.78, 5) is 2.61. The van der Waals surface area contributed by atoms with Gasteiger partial charge >= 0.3 is 0 Å². The minimum atomic E-state index is 0.0817. The molecule has 2 aliphatic heterocycles. The molecule has 1 aromatic heterocycles. The molecule has 4 rings (SSSR count). The van der Waals surface area contributed by atoms with Gasteiger partial charge in [0.2, 0.25) is 0 Å². The average Bonchev–Trinajstić information content (AvgIpc) is 2.69. The molecule has 3 unspecified atom stereocenters. The Hall–Kier alpha value is -1.83.